The molecule has 0 bridgehead atoms. The number of halogens is 1. The summed E-state index contributed by atoms with van der Waals surface area (Å²) in [5.74, 6) is 1.55. The normalized spacial score (nSPS) is 12.2. The van der Waals surface area contributed by atoms with Gasteiger partial charge in [-0.2, -0.15) is 0 Å². The van der Waals surface area contributed by atoms with Gasteiger partial charge < -0.3 is 14.3 Å². The maximum absolute atomic E-state index is 10.2. The van der Waals surface area contributed by atoms with Crippen molar-refractivity contribution in [3.8, 4) is 17.2 Å². The van der Waals surface area contributed by atoms with E-state index < -0.39 is 6.10 Å². The van der Waals surface area contributed by atoms with Crippen molar-refractivity contribution in [1.29, 1.82) is 0 Å². The molecule has 4 rings (SSSR count). The van der Waals surface area contributed by atoms with Crippen LogP contribution in [0.25, 0.3) is 22.2 Å². The molecule has 7 heteroatoms. The molecule has 0 saturated heterocycles. The number of fused-ring (bicyclic) bond motifs is 1. The van der Waals surface area contributed by atoms with Crippen molar-refractivity contribution in [3.63, 3.8) is 0 Å². The fourth-order valence-electron chi connectivity index (χ4n) is 2.70. The first-order valence-electron chi connectivity index (χ1n) is 8.70. The van der Waals surface area contributed by atoms with Gasteiger partial charge in [0.05, 0.1) is 6.10 Å². The minimum atomic E-state index is -0.671. The first-order valence-corrected chi connectivity index (χ1v) is 10.1. The average Bonchev–Trinajstić information content (AvgIpc) is 3.20. The van der Waals surface area contributed by atoms with E-state index in [0.29, 0.717) is 21.9 Å². The number of benzene rings is 3. The van der Waals surface area contributed by atoms with Crippen molar-refractivity contribution in [2.45, 2.75) is 11.3 Å². The molecule has 0 aliphatic rings. The standard InChI is InChI=1S/C21H17ClN2O3S/c22-16-10-8-15(9-11-16)20-23-24-21(27-20)28-13-17(25)12-26-19-7-3-5-14-4-1-2-6-18(14)19/h1-11,17,25H,12-13H2/t17-/m1/s1. The predicted octanol–water partition coefficient (Wildman–Crippen LogP) is 5.08. The van der Waals surface area contributed by atoms with E-state index in [4.69, 9.17) is 20.8 Å². The minimum Gasteiger partial charge on any atom is -0.490 e. The lowest BCUT2D eigenvalue weighted by molar-refractivity contribution is 0.127. The maximum Gasteiger partial charge on any atom is 0.276 e. The molecule has 142 valence electrons. The molecule has 1 atom stereocenters. The number of aliphatic hydroxyl groups is 1. The van der Waals surface area contributed by atoms with E-state index in [2.05, 4.69) is 10.2 Å². The van der Waals surface area contributed by atoms with Crippen LogP contribution < -0.4 is 4.74 Å². The van der Waals surface area contributed by atoms with Gasteiger partial charge in [-0.05, 0) is 35.7 Å². The Hall–Kier alpha value is -2.54. The van der Waals surface area contributed by atoms with Crippen LogP contribution >= 0.6 is 23.4 Å². The van der Waals surface area contributed by atoms with Gasteiger partial charge in [-0.3, -0.25) is 0 Å². The zero-order valence-corrected chi connectivity index (χ0v) is 16.4. The highest BCUT2D eigenvalue weighted by Crippen LogP contribution is 2.27. The highest BCUT2D eigenvalue weighted by atomic mass is 35.5. The van der Waals surface area contributed by atoms with E-state index >= 15 is 0 Å². The number of hydrogen-bond donors (Lipinski definition) is 1. The molecule has 28 heavy (non-hydrogen) atoms. The van der Waals surface area contributed by atoms with Crippen LogP contribution in [0.3, 0.4) is 0 Å². The van der Waals surface area contributed by atoms with E-state index in [1.807, 2.05) is 54.6 Å². The van der Waals surface area contributed by atoms with Gasteiger partial charge >= 0.3 is 0 Å². The Morgan fingerprint density at radius 2 is 1.79 bits per heavy atom. The quantitative estimate of drug-likeness (QED) is 0.427. The average molecular weight is 413 g/mol. The molecular weight excluding hydrogens is 396 g/mol. The maximum atomic E-state index is 10.2. The van der Waals surface area contributed by atoms with Crippen LogP contribution in [0.2, 0.25) is 5.02 Å². The molecule has 0 fully saturated rings. The molecule has 5 nitrogen and oxygen atoms in total. The van der Waals surface area contributed by atoms with E-state index in [-0.39, 0.29) is 6.61 Å². The molecule has 3 aromatic carbocycles. The van der Waals surface area contributed by atoms with Gasteiger partial charge in [0.15, 0.2) is 0 Å². The number of aliphatic hydroxyl groups excluding tert-OH is 1. The summed E-state index contributed by atoms with van der Waals surface area (Å²) in [6.07, 6.45) is -0.671. The Bertz CT molecular complexity index is 1060. The predicted molar refractivity (Wildman–Crippen MR) is 111 cm³/mol. The molecule has 1 aromatic heterocycles. The fourth-order valence-corrected chi connectivity index (χ4v) is 3.49. The van der Waals surface area contributed by atoms with Gasteiger partial charge in [0, 0.05) is 21.7 Å². The summed E-state index contributed by atoms with van der Waals surface area (Å²) in [5, 5.41) is 21.5. The summed E-state index contributed by atoms with van der Waals surface area (Å²) in [4.78, 5) is 0. The highest BCUT2D eigenvalue weighted by Gasteiger charge is 2.13. The number of hydrogen-bond acceptors (Lipinski definition) is 6. The van der Waals surface area contributed by atoms with Gasteiger partial charge in [-0.15, -0.1) is 10.2 Å². The Balaban J connectivity index is 1.32. The fraction of sp³-hybridized carbons (Fsp3) is 0.143. The lowest BCUT2D eigenvalue weighted by Gasteiger charge is -2.13. The van der Waals surface area contributed by atoms with Crippen LogP contribution in [0, 0.1) is 0 Å². The Morgan fingerprint density at radius 3 is 2.64 bits per heavy atom. The molecule has 4 aromatic rings. The molecule has 0 unspecified atom stereocenters. The number of nitrogens with zero attached hydrogens (tertiary/aromatic N) is 2. The largest absolute Gasteiger partial charge is 0.490 e. The smallest absolute Gasteiger partial charge is 0.276 e. The van der Waals surface area contributed by atoms with Crippen molar-refractivity contribution < 1.29 is 14.3 Å². The summed E-state index contributed by atoms with van der Waals surface area (Å²) in [6, 6.07) is 21.0. The van der Waals surface area contributed by atoms with Crippen molar-refractivity contribution in [2.24, 2.45) is 0 Å². The Kier molecular flexibility index (Phi) is 5.81. The molecule has 0 amide bonds. The van der Waals surface area contributed by atoms with Crippen molar-refractivity contribution in [2.75, 3.05) is 12.4 Å². The lowest BCUT2D eigenvalue weighted by atomic mass is 10.1. The molecule has 1 N–H and O–H groups in total. The first-order chi connectivity index (χ1) is 13.7. The van der Waals surface area contributed by atoms with E-state index in [1.165, 1.54) is 11.8 Å². The monoisotopic (exact) mass is 412 g/mol. The van der Waals surface area contributed by atoms with Crippen LogP contribution in [0.5, 0.6) is 5.75 Å². The van der Waals surface area contributed by atoms with Crippen LogP contribution in [0.4, 0.5) is 0 Å². The van der Waals surface area contributed by atoms with Gasteiger partial charge in [0.1, 0.15) is 12.4 Å². The first kappa shape index (κ1) is 18.8. The van der Waals surface area contributed by atoms with E-state index in [1.54, 1.807) is 12.1 Å². The number of thioether (sulfide) groups is 1. The Morgan fingerprint density at radius 1 is 1.00 bits per heavy atom. The third-order valence-corrected chi connectivity index (χ3v) is 5.29. The molecule has 0 radical (unpaired) electrons. The molecule has 0 spiro atoms. The topological polar surface area (TPSA) is 68.4 Å². The summed E-state index contributed by atoms with van der Waals surface area (Å²) in [7, 11) is 0. The van der Waals surface area contributed by atoms with Crippen LogP contribution in [0.15, 0.2) is 76.4 Å². The van der Waals surface area contributed by atoms with E-state index in [0.717, 1.165) is 22.1 Å². The van der Waals surface area contributed by atoms with Gasteiger partial charge in [-0.1, -0.05) is 59.8 Å². The van der Waals surface area contributed by atoms with Crippen LogP contribution in [-0.2, 0) is 0 Å². The van der Waals surface area contributed by atoms with Crippen LogP contribution in [0.1, 0.15) is 0 Å². The molecule has 0 aliphatic heterocycles. The lowest BCUT2D eigenvalue weighted by Crippen LogP contribution is -2.20. The summed E-state index contributed by atoms with van der Waals surface area (Å²) in [6.45, 7) is 0.180. The molecule has 0 saturated carbocycles. The second-order valence-electron chi connectivity index (χ2n) is 6.13. The third-order valence-electron chi connectivity index (χ3n) is 4.08. The zero-order valence-electron chi connectivity index (χ0n) is 14.8. The third kappa shape index (κ3) is 4.47. The summed E-state index contributed by atoms with van der Waals surface area (Å²) < 4.78 is 11.4. The van der Waals surface area contributed by atoms with Crippen molar-refractivity contribution >= 4 is 34.1 Å². The van der Waals surface area contributed by atoms with Crippen LogP contribution in [-0.4, -0.2) is 33.8 Å². The zero-order chi connectivity index (χ0) is 19.3. The van der Waals surface area contributed by atoms with Crippen molar-refractivity contribution in [3.05, 3.63) is 71.8 Å². The van der Waals surface area contributed by atoms with Gasteiger partial charge in [-0.25, -0.2) is 0 Å². The molecule has 1 heterocycles. The van der Waals surface area contributed by atoms with Gasteiger partial charge in [0.2, 0.25) is 5.89 Å². The molecule has 0 aliphatic carbocycles. The molecular formula is C21H17ClN2O3S. The number of aromatic nitrogens is 2. The Labute approximate surface area is 171 Å². The van der Waals surface area contributed by atoms with Gasteiger partial charge in [0.25, 0.3) is 5.22 Å². The second kappa shape index (κ2) is 8.65. The summed E-state index contributed by atoms with van der Waals surface area (Å²) in [5.41, 5.74) is 0.795. The van der Waals surface area contributed by atoms with Crippen molar-refractivity contribution in [1.82, 2.24) is 10.2 Å². The van der Waals surface area contributed by atoms with E-state index in [9.17, 15) is 5.11 Å². The number of rotatable bonds is 7. The highest BCUT2D eigenvalue weighted by molar-refractivity contribution is 7.99. The number of ether oxygens (including phenoxy) is 1. The SMILES string of the molecule is O[C@H](COc1cccc2ccccc12)CSc1nnc(-c2ccc(Cl)cc2)o1. The minimum absolute atomic E-state index is 0.180. The second-order valence-corrected chi connectivity index (χ2v) is 7.54. The summed E-state index contributed by atoms with van der Waals surface area (Å²) >= 11 is 7.17.